The van der Waals surface area contributed by atoms with Crippen molar-refractivity contribution in [2.45, 2.75) is 32.9 Å². The highest BCUT2D eigenvalue weighted by molar-refractivity contribution is 9.10. The maximum absolute atomic E-state index is 13.6. The molecule has 0 saturated heterocycles. The Bertz CT molecular complexity index is 583. The second-order valence-corrected chi connectivity index (χ2v) is 5.37. The summed E-state index contributed by atoms with van der Waals surface area (Å²) in [6, 6.07) is 4.77. The average Bonchev–Trinajstić information content (AvgIpc) is 2.74. The lowest BCUT2D eigenvalue weighted by atomic mass is 10.0. The van der Waals surface area contributed by atoms with Crippen LogP contribution in [0.5, 0.6) is 0 Å². The first-order valence-corrected chi connectivity index (χ1v) is 6.99. The summed E-state index contributed by atoms with van der Waals surface area (Å²) in [7, 11) is 0. The van der Waals surface area contributed by atoms with Crippen molar-refractivity contribution in [3.8, 4) is 0 Å². The lowest BCUT2D eigenvalue weighted by molar-refractivity contribution is 0.206. The Morgan fingerprint density at radius 2 is 2.21 bits per heavy atom. The van der Waals surface area contributed by atoms with Gasteiger partial charge in [0.1, 0.15) is 11.9 Å². The van der Waals surface area contributed by atoms with Crippen LogP contribution in [0.4, 0.5) is 4.39 Å². The second kappa shape index (κ2) is 5.84. The molecule has 5 heteroatoms. The monoisotopic (exact) mass is 326 g/mol. The van der Waals surface area contributed by atoms with Crippen LogP contribution >= 0.6 is 15.9 Å². The highest BCUT2D eigenvalue weighted by Crippen LogP contribution is 2.29. The van der Waals surface area contributed by atoms with Crippen LogP contribution in [-0.4, -0.2) is 14.9 Å². The standard InChI is InChI=1S/C14H16BrFN2O/c1-3-6-18-13(11(15)8-17-18)14(19)10-5-4-9(2)12(16)7-10/h4-5,7-8,14,19H,3,6H2,1-2H3. The van der Waals surface area contributed by atoms with Crippen LogP contribution in [0.2, 0.25) is 0 Å². The Hall–Kier alpha value is -1.20. The van der Waals surface area contributed by atoms with Crippen LogP contribution in [-0.2, 0) is 6.54 Å². The number of aryl methyl sites for hydroxylation is 2. The van der Waals surface area contributed by atoms with Gasteiger partial charge in [-0.25, -0.2) is 4.39 Å². The number of aliphatic hydroxyl groups is 1. The van der Waals surface area contributed by atoms with E-state index in [4.69, 9.17) is 0 Å². The molecule has 0 amide bonds. The summed E-state index contributed by atoms with van der Waals surface area (Å²) in [5, 5.41) is 14.6. The van der Waals surface area contributed by atoms with Crippen molar-refractivity contribution in [2.24, 2.45) is 0 Å². The van der Waals surface area contributed by atoms with E-state index in [-0.39, 0.29) is 5.82 Å². The third-order valence-electron chi connectivity index (χ3n) is 3.04. The SMILES string of the molecule is CCCn1ncc(Br)c1C(O)c1ccc(C)c(F)c1. The molecular formula is C14H16BrFN2O. The maximum atomic E-state index is 13.6. The van der Waals surface area contributed by atoms with Crippen LogP contribution in [0.3, 0.4) is 0 Å². The zero-order chi connectivity index (χ0) is 14.0. The lowest BCUT2D eigenvalue weighted by Crippen LogP contribution is -2.11. The number of aliphatic hydroxyl groups excluding tert-OH is 1. The molecule has 0 radical (unpaired) electrons. The van der Waals surface area contributed by atoms with Gasteiger partial charge in [-0.1, -0.05) is 19.1 Å². The Morgan fingerprint density at radius 3 is 2.84 bits per heavy atom. The third kappa shape index (κ3) is 2.87. The number of benzene rings is 1. The summed E-state index contributed by atoms with van der Waals surface area (Å²) in [6.45, 7) is 4.45. The highest BCUT2D eigenvalue weighted by atomic mass is 79.9. The zero-order valence-corrected chi connectivity index (χ0v) is 12.5. The summed E-state index contributed by atoms with van der Waals surface area (Å²) in [6.07, 6.45) is 1.67. The molecule has 2 rings (SSSR count). The van der Waals surface area contributed by atoms with Gasteiger partial charge in [-0.05, 0) is 46.5 Å². The maximum Gasteiger partial charge on any atom is 0.126 e. The second-order valence-electron chi connectivity index (χ2n) is 4.51. The van der Waals surface area contributed by atoms with Gasteiger partial charge in [0, 0.05) is 6.54 Å². The summed E-state index contributed by atoms with van der Waals surface area (Å²) < 4.78 is 16.1. The normalized spacial score (nSPS) is 12.7. The largest absolute Gasteiger partial charge is 0.382 e. The van der Waals surface area contributed by atoms with E-state index in [0.717, 1.165) is 10.9 Å². The topological polar surface area (TPSA) is 38.0 Å². The molecule has 1 heterocycles. The van der Waals surface area contributed by atoms with Crippen LogP contribution < -0.4 is 0 Å². The van der Waals surface area contributed by atoms with Gasteiger partial charge in [0.25, 0.3) is 0 Å². The fraction of sp³-hybridized carbons (Fsp3) is 0.357. The molecule has 1 N–H and O–H groups in total. The van der Waals surface area contributed by atoms with Gasteiger partial charge >= 0.3 is 0 Å². The van der Waals surface area contributed by atoms with Gasteiger partial charge in [0.05, 0.1) is 16.4 Å². The van der Waals surface area contributed by atoms with E-state index in [1.165, 1.54) is 6.07 Å². The fourth-order valence-electron chi connectivity index (χ4n) is 1.97. The molecule has 1 aromatic heterocycles. The number of hydrogen-bond acceptors (Lipinski definition) is 2. The molecule has 1 aromatic carbocycles. The molecular weight excluding hydrogens is 311 g/mol. The van der Waals surface area contributed by atoms with E-state index in [2.05, 4.69) is 21.0 Å². The molecule has 3 nitrogen and oxygen atoms in total. The Balaban J connectivity index is 2.40. The van der Waals surface area contributed by atoms with Gasteiger partial charge in [0.2, 0.25) is 0 Å². The van der Waals surface area contributed by atoms with E-state index in [0.29, 0.717) is 23.4 Å². The first-order chi connectivity index (χ1) is 9.04. The molecule has 2 aromatic rings. The Kier molecular flexibility index (Phi) is 4.37. The van der Waals surface area contributed by atoms with Crippen molar-refractivity contribution in [1.82, 2.24) is 9.78 Å². The first kappa shape index (κ1) is 14.2. The lowest BCUT2D eigenvalue weighted by Gasteiger charge is -2.15. The molecule has 19 heavy (non-hydrogen) atoms. The minimum Gasteiger partial charge on any atom is -0.382 e. The average molecular weight is 327 g/mol. The third-order valence-corrected chi connectivity index (χ3v) is 3.65. The molecule has 0 aliphatic rings. The van der Waals surface area contributed by atoms with Crippen LogP contribution in [0.15, 0.2) is 28.9 Å². The van der Waals surface area contributed by atoms with Gasteiger partial charge in [-0.2, -0.15) is 5.10 Å². The van der Waals surface area contributed by atoms with Gasteiger partial charge in [0.15, 0.2) is 0 Å². The number of hydrogen-bond donors (Lipinski definition) is 1. The Morgan fingerprint density at radius 1 is 1.47 bits per heavy atom. The van der Waals surface area contributed by atoms with Crippen molar-refractivity contribution in [2.75, 3.05) is 0 Å². The van der Waals surface area contributed by atoms with E-state index >= 15 is 0 Å². The Labute approximate surface area is 120 Å². The molecule has 102 valence electrons. The van der Waals surface area contributed by atoms with Crippen molar-refractivity contribution in [3.63, 3.8) is 0 Å². The molecule has 0 spiro atoms. The molecule has 0 saturated carbocycles. The molecule has 0 aliphatic heterocycles. The molecule has 1 atom stereocenters. The van der Waals surface area contributed by atoms with Crippen molar-refractivity contribution in [3.05, 3.63) is 51.5 Å². The molecule has 0 fully saturated rings. The number of nitrogens with zero attached hydrogens (tertiary/aromatic N) is 2. The van der Waals surface area contributed by atoms with Crippen molar-refractivity contribution < 1.29 is 9.50 Å². The van der Waals surface area contributed by atoms with Crippen molar-refractivity contribution >= 4 is 15.9 Å². The summed E-state index contributed by atoms with van der Waals surface area (Å²) >= 11 is 3.38. The molecule has 0 aliphatic carbocycles. The predicted molar refractivity (Wildman–Crippen MR) is 75.4 cm³/mol. The van der Waals surface area contributed by atoms with Gasteiger partial charge in [-0.15, -0.1) is 0 Å². The smallest absolute Gasteiger partial charge is 0.126 e. The number of halogens is 2. The molecule has 0 bridgehead atoms. The predicted octanol–water partition coefficient (Wildman–Crippen LogP) is 3.58. The van der Waals surface area contributed by atoms with E-state index < -0.39 is 6.10 Å². The zero-order valence-electron chi connectivity index (χ0n) is 10.9. The summed E-state index contributed by atoms with van der Waals surface area (Å²) in [4.78, 5) is 0. The highest BCUT2D eigenvalue weighted by Gasteiger charge is 2.20. The summed E-state index contributed by atoms with van der Waals surface area (Å²) in [5.74, 6) is -0.311. The van der Waals surface area contributed by atoms with E-state index in [1.807, 2.05) is 6.92 Å². The fourth-order valence-corrected chi connectivity index (χ4v) is 2.48. The minimum absolute atomic E-state index is 0.311. The van der Waals surface area contributed by atoms with Crippen LogP contribution in [0.25, 0.3) is 0 Å². The number of aromatic nitrogens is 2. The first-order valence-electron chi connectivity index (χ1n) is 6.20. The summed E-state index contributed by atoms with van der Waals surface area (Å²) in [5.41, 5.74) is 1.75. The van der Waals surface area contributed by atoms with E-state index in [1.54, 1.807) is 29.9 Å². The quantitative estimate of drug-likeness (QED) is 0.932. The van der Waals surface area contributed by atoms with Crippen molar-refractivity contribution in [1.29, 1.82) is 0 Å². The number of rotatable bonds is 4. The van der Waals surface area contributed by atoms with Crippen LogP contribution in [0, 0.1) is 12.7 Å². The van der Waals surface area contributed by atoms with Gasteiger partial charge < -0.3 is 5.11 Å². The van der Waals surface area contributed by atoms with Crippen LogP contribution in [0.1, 0.15) is 36.3 Å². The van der Waals surface area contributed by atoms with E-state index in [9.17, 15) is 9.50 Å². The minimum atomic E-state index is -0.890. The molecule has 1 unspecified atom stereocenters. The van der Waals surface area contributed by atoms with Gasteiger partial charge in [-0.3, -0.25) is 4.68 Å².